The topological polar surface area (TPSA) is 95.1 Å². The molecule has 0 radical (unpaired) electrons. The summed E-state index contributed by atoms with van der Waals surface area (Å²) in [6, 6.07) is 2.45. The molecule has 0 amide bonds. The van der Waals surface area contributed by atoms with Crippen molar-refractivity contribution in [2.45, 2.75) is 50.2 Å². The van der Waals surface area contributed by atoms with Gasteiger partial charge in [-0.25, -0.2) is 4.98 Å². The molecule has 31 heavy (non-hydrogen) atoms. The molecule has 1 N–H and O–H groups in total. The molecule has 2 aliphatic heterocycles. The minimum atomic E-state index is -0.0825. The van der Waals surface area contributed by atoms with E-state index in [9.17, 15) is 5.26 Å². The number of ether oxygens (including phenoxy) is 1. The van der Waals surface area contributed by atoms with Crippen LogP contribution in [-0.2, 0) is 24.6 Å². The van der Waals surface area contributed by atoms with Crippen molar-refractivity contribution in [1.29, 1.82) is 5.26 Å². The van der Waals surface area contributed by atoms with Gasteiger partial charge in [0.2, 0.25) is 5.95 Å². The standard InChI is InChI=1S/C22H30N8O/c1-28-13-16(12-24-28)25-21-26-19-5-3-4-18(19)20(27-21)29-14-22(15-29,8-9-23)30-10-6-17(31-2)7-11-30/h12-13,17H,3-8,10-11,14-15H2,1-2H3,(H,25,26,27). The van der Waals surface area contributed by atoms with E-state index in [1.807, 2.05) is 13.2 Å². The second-order valence-electron chi connectivity index (χ2n) is 9.01. The summed E-state index contributed by atoms with van der Waals surface area (Å²) in [6.07, 6.45) is 9.80. The maximum atomic E-state index is 9.55. The third kappa shape index (κ3) is 3.75. The Balaban J connectivity index is 1.36. The summed E-state index contributed by atoms with van der Waals surface area (Å²) in [7, 11) is 3.69. The molecule has 3 aliphatic rings. The van der Waals surface area contributed by atoms with E-state index in [-0.39, 0.29) is 5.54 Å². The smallest absolute Gasteiger partial charge is 0.229 e. The van der Waals surface area contributed by atoms with Gasteiger partial charge in [-0.2, -0.15) is 15.3 Å². The Hall–Kier alpha value is -2.70. The van der Waals surface area contributed by atoms with Crippen molar-refractivity contribution < 1.29 is 4.74 Å². The molecule has 2 aromatic rings. The number of hydrogen-bond acceptors (Lipinski definition) is 8. The van der Waals surface area contributed by atoms with Gasteiger partial charge >= 0.3 is 0 Å². The van der Waals surface area contributed by atoms with Crippen LogP contribution >= 0.6 is 0 Å². The number of nitriles is 1. The summed E-state index contributed by atoms with van der Waals surface area (Å²) < 4.78 is 7.30. The zero-order chi connectivity index (χ0) is 21.4. The fourth-order valence-electron chi connectivity index (χ4n) is 5.30. The number of hydrogen-bond donors (Lipinski definition) is 1. The summed E-state index contributed by atoms with van der Waals surface area (Å²) in [5.41, 5.74) is 3.23. The normalized spacial score (nSPS) is 20.9. The highest BCUT2D eigenvalue weighted by molar-refractivity contribution is 5.60. The SMILES string of the molecule is COC1CCN(C2(CC#N)CN(c3nc(Nc4cnn(C)c4)nc4c3CCC4)C2)CC1. The quantitative estimate of drug-likeness (QED) is 0.756. The number of piperidine rings is 1. The minimum absolute atomic E-state index is 0.0825. The van der Waals surface area contributed by atoms with Crippen LogP contribution in [0, 0.1) is 11.3 Å². The van der Waals surface area contributed by atoms with Gasteiger partial charge in [0.05, 0.1) is 41.7 Å². The number of rotatable bonds is 6. The highest BCUT2D eigenvalue weighted by Gasteiger charge is 2.49. The van der Waals surface area contributed by atoms with Crippen LogP contribution in [-0.4, -0.2) is 69.6 Å². The molecule has 5 rings (SSSR count). The van der Waals surface area contributed by atoms with Crippen LogP contribution in [0.4, 0.5) is 17.5 Å². The molecule has 2 fully saturated rings. The van der Waals surface area contributed by atoms with Gasteiger partial charge in [0, 0.05) is 52.1 Å². The average Bonchev–Trinajstić information content (AvgIpc) is 3.39. The molecule has 2 aromatic heterocycles. The van der Waals surface area contributed by atoms with Gasteiger partial charge in [-0.05, 0) is 32.1 Å². The Morgan fingerprint density at radius 1 is 1.26 bits per heavy atom. The Morgan fingerprint density at radius 2 is 2.06 bits per heavy atom. The van der Waals surface area contributed by atoms with Crippen molar-refractivity contribution in [3.05, 3.63) is 23.7 Å². The molecule has 0 unspecified atom stereocenters. The molecule has 0 spiro atoms. The van der Waals surface area contributed by atoms with Gasteiger partial charge in [-0.1, -0.05) is 0 Å². The molecule has 2 saturated heterocycles. The van der Waals surface area contributed by atoms with Crippen LogP contribution in [0.1, 0.15) is 36.9 Å². The third-order valence-electron chi connectivity index (χ3n) is 7.00. The predicted molar refractivity (Wildman–Crippen MR) is 117 cm³/mol. The minimum Gasteiger partial charge on any atom is -0.381 e. The lowest BCUT2D eigenvalue weighted by Crippen LogP contribution is -2.71. The Morgan fingerprint density at radius 3 is 2.74 bits per heavy atom. The van der Waals surface area contributed by atoms with Crippen LogP contribution in [0.3, 0.4) is 0 Å². The van der Waals surface area contributed by atoms with E-state index in [4.69, 9.17) is 14.7 Å². The number of fused-ring (bicyclic) bond motifs is 1. The van der Waals surface area contributed by atoms with Gasteiger partial charge in [-0.3, -0.25) is 9.58 Å². The molecule has 0 aromatic carbocycles. The number of likely N-dealkylation sites (tertiary alicyclic amines) is 1. The van der Waals surface area contributed by atoms with Crippen molar-refractivity contribution in [2.24, 2.45) is 7.05 Å². The zero-order valence-electron chi connectivity index (χ0n) is 18.3. The number of methoxy groups -OCH3 is 1. The number of nitrogens with one attached hydrogen (secondary N) is 1. The van der Waals surface area contributed by atoms with Gasteiger partial charge in [-0.15, -0.1) is 0 Å². The molecule has 0 saturated carbocycles. The van der Waals surface area contributed by atoms with Crippen LogP contribution in [0.5, 0.6) is 0 Å². The highest BCUT2D eigenvalue weighted by Crippen LogP contribution is 2.40. The van der Waals surface area contributed by atoms with E-state index < -0.39 is 0 Å². The van der Waals surface area contributed by atoms with Crippen LogP contribution in [0.15, 0.2) is 12.4 Å². The molecule has 0 atom stereocenters. The molecule has 0 bridgehead atoms. The van der Waals surface area contributed by atoms with Crippen molar-refractivity contribution in [3.63, 3.8) is 0 Å². The fourth-order valence-corrected chi connectivity index (χ4v) is 5.30. The van der Waals surface area contributed by atoms with Gasteiger partial charge in [0.15, 0.2) is 0 Å². The first-order valence-corrected chi connectivity index (χ1v) is 11.2. The summed E-state index contributed by atoms with van der Waals surface area (Å²) in [5, 5.41) is 17.1. The van der Waals surface area contributed by atoms with Crippen LogP contribution in [0.25, 0.3) is 0 Å². The molecular weight excluding hydrogens is 392 g/mol. The molecule has 1 aliphatic carbocycles. The first kappa shape index (κ1) is 20.2. The Labute approximate surface area is 183 Å². The van der Waals surface area contributed by atoms with E-state index in [1.54, 1.807) is 18.0 Å². The number of aryl methyl sites for hydroxylation is 2. The highest BCUT2D eigenvalue weighted by atomic mass is 16.5. The Bertz CT molecular complexity index is 982. The van der Waals surface area contributed by atoms with Crippen molar-refractivity contribution in [2.75, 3.05) is 43.5 Å². The number of aromatic nitrogens is 4. The molecule has 164 valence electrons. The van der Waals surface area contributed by atoms with E-state index >= 15 is 0 Å². The first-order chi connectivity index (χ1) is 15.1. The lowest BCUT2D eigenvalue weighted by atomic mass is 9.82. The summed E-state index contributed by atoms with van der Waals surface area (Å²) in [5.74, 6) is 1.66. The van der Waals surface area contributed by atoms with Gasteiger partial charge in [0.1, 0.15) is 5.82 Å². The molecule has 9 heteroatoms. The second-order valence-corrected chi connectivity index (χ2v) is 9.01. The lowest BCUT2D eigenvalue weighted by molar-refractivity contribution is -0.0145. The van der Waals surface area contributed by atoms with Crippen molar-refractivity contribution in [3.8, 4) is 6.07 Å². The van der Waals surface area contributed by atoms with E-state index in [1.165, 1.54) is 5.56 Å². The van der Waals surface area contributed by atoms with Gasteiger partial charge in [0.25, 0.3) is 0 Å². The van der Waals surface area contributed by atoms with Crippen LogP contribution < -0.4 is 10.2 Å². The van der Waals surface area contributed by atoms with Crippen molar-refractivity contribution in [1.82, 2.24) is 24.6 Å². The van der Waals surface area contributed by atoms with Crippen LogP contribution in [0.2, 0.25) is 0 Å². The summed E-state index contributed by atoms with van der Waals surface area (Å²) >= 11 is 0. The summed E-state index contributed by atoms with van der Waals surface area (Å²) in [6.45, 7) is 3.66. The number of nitrogens with zero attached hydrogens (tertiary/aromatic N) is 7. The first-order valence-electron chi connectivity index (χ1n) is 11.2. The maximum Gasteiger partial charge on any atom is 0.229 e. The largest absolute Gasteiger partial charge is 0.381 e. The third-order valence-corrected chi connectivity index (χ3v) is 7.00. The number of anilines is 3. The molecular formula is C22H30N8O. The van der Waals surface area contributed by atoms with E-state index in [2.05, 4.69) is 26.3 Å². The average molecular weight is 423 g/mol. The lowest BCUT2D eigenvalue weighted by Gasteiger charge is -2.57. The second kappa shape index (κ2) is 8.09. The zero-order valence-corrected chi connectivity index (χ0v) is 18.3. The van der Waals surface area contributed by atoms with E-state index in [0.717, 1.165) is 75.5 Å². The van der Waals surface area contributed by atoms with Gasteiger partial charge < -0.3 is 15.0 Å². The maximum absolute atomic E-state index is 9.55. The Kier molecular flexibility index (Phi) is 5.28. The fraction of sp³-hybridized carbons (Fsp3) is 0.636. The predicted octanol–water partition coefficient (Wildman–Crippen LogP) is 2.03. The van der Waals surface area contributed by atoms with Crippen molar-refractivity contribution >= 4 is 17.5 Å². The summed E-state index contributed by atoms with van der Waals surface area (Å²) in [4.78, 5) is 14.5. The molecule has 4 heterocycles. The molecule has 9 nitrogen and oxygen atoms in total. The van der Waals surface area contributed by atoms with E-state index in [0.29, 0.717) is 18.5 Å². The monoisotopic (exact) mass is 422 g/mol.